The van der Waals surface area contributed by atoms with Crippen molar-refractivity contribution in [2.24, 2.45) is 7.05 Å². The van der Waals surface area contributed by atoms with Gasteiger partial charge in [0.25, 0.3) is 5.56 Å². The second kappa shape index (κ2) is 10.4. The molecule has 4 aliphatic rings. The zero-order valence-electron chi connectivity index (χ0n) is 24.4. The van der Waals surface area contributed by atoms with Gasteiger partial charge in [-0.3, -0.25) is 9.69 Å². The van der Waals surface area contributed by atoms with E-state index in [4.69, 9.17) is 14.5 Å². The second-order valence-electron chi connectivity index (χ2n) is 12.6. The molecule has 0 radical (unpaired) electrons. The smallest absolute Gasteiger partial charge is 0.319 e. The van der Waals surface area contributed by atoms with E-state index in [0.29, 0.717) is 61.4 Å². The number of nitrogens with one attached hydrogen (secondary N) is 1. The molecule has 4 aliphatic heterocycles. The molecule has 4 atom stereocenters. The number of halogens is 2. The predicted octanol–water partition coefficient (Wildman–Crippen LogP) is 3.13. The van der Waals surface area contributed by atoms with E-state index in [1.807, 2.05) is 24.3 Å². The summed E-state index contributed by atoms with van der Waals surface area (Å²) in [6.07, 6.45) is 1.20. The first-order valence-corrected chi connectivity index (χ1v) is 15.2. The van der Waals surface area contributed by atoms with Crippen molar-refractivity contribution < 1.29 is 23.4 Å². The molecule has 44 heavy (non-hydrogen) atoms. The Hall–Kier alpha value is -3.87. The van der Waals surface area contributed by atoms with E-state index in [2.05, 4.69) is 20.1 Å². The average molecular weight is 605 g/mol. The van der Waals surface area contributed by atoms with Gasteiger partial charge in [0.05, 0.1) is 36.5 Å². The van der Waals surface area contributed by atoms with Crippen molar-refractivity contribution in [3.8, 4) is 23.0 Å². The van der Waals surface area contributed by atoms with Crippen molar-refractivity contribution in [3.63, 3.8) is 0 Å². The molecule has 12 heteroatoms. The third-order valence-electron chi connectivity index (χ3n) is 9.88. The molecule has 230 valence electrons. The molecule has 6 heterocycles. The summed E-state index contributed by atoms with van der Waals surface area (Å²) in [6, 6.07) is 10.1. The van der Waals surface area contributed by atoms with Gasteiger partial charge in [0.1, 0.15) is 35.2 Å². The molecule has 4 aromatic rings. The normalized spacial score (nSPS) is 26.9. The molecular weight excluding hydrogens is 570 g/mol. The highest BCUT2D eigenvalue weighted by molar-refractivity contribution is 6.00. The van der Waals surface area contributed by atoms with E-state index in [0.717, 1.165) is 19.4 Å². The molecule has 2 aromatic heterocycles. The van der Waals surface area contributed by atoms with Gasteiger partial charge in [-0.15, -0.1) is 0 Å². The van der Waals surface area contributed by atoms with Crippen molar-refractivity contribution in [2.45, 2.75) is 43.1 Å². The van der Waals surface area contributed by atoms with Crippen molar-refractivity contribution in [1.82, 2.24) is 24.8 Å². The number of alkyl halides is 1. The summed E-state index contributed by atoms with van der Waals surface area (Å²) in [7, 11) is 1.52. The Morgan fingerprint density at radius 3 is 2.80 bits per heavy atom. The number of phenols is 1. The van der Waals surface area contributed by atoms with Gasteiger partial charge in [0.2, 0.25) is 0 Å². The molecule has 0 amide bonds. The lowest BCUT2D eigenvalue weighted by molar-refractivity contribution is 0.0522. The number of hydrogen-bond donors (Lipinski definition) is 2. The zero-order valence-corrected chi connectivity index (χ0v) is 24.4. The molecule has 2 unspecified atom stereocenters. The number of pyridine rings is 1. The number of morpholine rings is 1. The molecule has 0 saturated carbocycles. The van der Waals surface area contributed by atoms with E-state index in [1.165, 1.54) is 17.7 Å². The van der Waals surface area contributed by atoms with Crippen molar-refractivity contribution >= 4 is 27.5 Å². The van der Waals surface area contributed by atoms with Gasteiger partial charge in [-0.25, -0.2) is 8.78 Å². The van der Waals surface area contributed by atoms with E-state index < -0.39 is 23.1 Å². The number of benzene rings is 2. The van der Waals surface area contributed by atoms with E-state index >= 15 is 4.39 Å². The Bertz CT molecular complexity index is 1830. The Kier molecular flexibility index (Phi) is 6.51. The van der Waals surface area contributed by atoms with Gasteiger partial charge < -0.3 is 29.4 Å². The predicted molar refractivity (Wildman–Crippen MR) is 162 cm³/mol. The third-order valence-corrected chi connectivity index (χ3v) is 9.88. The molecule has 0 aliphatic carbocycles. The van der Waals surface area contributed by atoms with Crippen LogP contribution < -0.4 is 20.5 Å². The lowest BCUT2D eigenvalue weighted by atomic mass is 9.95. The summed E-state index contributed by atoms with van der Waals surface area (Å²) in [6.45, 7) is 3.45. The Morgan fingerprint density at radius 2 is 1.98 bits per heavy atom. The number of piperazine rings is 1. The van der Waals surface area contributed by atoms with E-state index in [9.17, 15) is 14.3 Å². The van der Waals surface area contributed by atoms with Gasteiger partial charge in [-0.1, -0.05) is 24.3 Å². The number of aromatic hydroxyl groups is 1. The van der Waals surface area contributed by atoms with Crippen LogP contribution >= 0.6 is 0 Å². The van der Waals surface area contributed by atoms with E-state index in [-0.39, 0.29) is 47.0 Å². The van der Waals surface area contributed by atoms with Crippen LogP contribution in [-0.4, -0.2) is 94.3 Å². The van der Waals surface area contributed by atoms with Gasteiger partial charge in [0, 0.05) is 38.7 Å². The SMILES string of the molecule is Cn1c(-c2cc(O)cc3ccccc23)c(F)c2nc(OC[C@@]34CCCN3C[C@H](F)C4)nc(N3C4CNCC3COC4)c2c1=O. The number of fused-ring (bicyclic) bond motifs is 5. The number of rotatable bonds is 5. The maximum atomic E-state index is 17.0. The van der Waals surface area contributed by atoms with Crippen LogP contribution in [0.4, 0.5) is 14.6 Å². The lowest BCUT2D eigenvalue weighted by Gasteiger charge is -2.46. The number of hydrogen-bond acceptors (Lipinski definition) is 9. The first-order chi connectivity index (χ1) is 21.3. The topological polar surface area (TPSA) is 105 Å². The minimum absolute atomic E-state index is 0.00524. The van der Waals surface area contributed by atoms with Gasteiger partial charge >= 0.3 is 6.01 Å². The first kappa shape index (κ1) is 27.7. The van der Waals surface area contributed by atoms with Gasteiger partial charge in [-0.05, 0) is 42.3 Å². The summed E-state index contributed by atoms with van der Waals surface area (Å²) in [5.41, 5.74) is -0.683. The second-order valence-corrected chi connectivity index (χ2v) is 12.6. The Morgan fingerprint density at radius 1 is 1.18 bits per heavy atom. The van der Waals surface area contributed by atoms with Crippen LogP contribution in [0.2, 0.25) is 0 Å². The highest BCUT2D eigenvalue weighted by Crippen LogP contribution is 2.41. The fraction of sp³-hybridized carbons (Fsp3) is 0.469. The van der Waals surface area contributed by atoms with Crippen LogP contribution in [0.1, 0.15) is 19.3 Å². The van der Waals surface area contributed by atoms with E-state index in [1.54, 1.807) is 6.07 Å². The monoisotopic (exact) mass is 604 g/mol. The van der Waals surface area contributed by atoms with Crippen LogP contribution in [0.3, 0.4) is 0 Å². The molecule has 0 spiro atoms. The van der Waals surface area contributed by atoms with Crippen LogP contribution in [-0.2, 0) is 11.8 Å². The maximum Gasteiger partial charge on any atom is 0.319 e. The minimum atomic E-state index is -0.924. The first-order valence-electron chi connectivity index (χ1n) is 15.2. The quantitative estimate of drug-likeness (QED) is 0.356. The van der Waals surface area contributed by atoms with Gasteiger partial charge in [-0.2, -0.15) is 9.97 Å². The minimum Gasteiger partial charge on any atom is -0.508 e. The molecule has 10 nitrogen and oxygen atoms in total. The number of aromatic nitrogens is 3. The molecule has 4 fully saturated rings. The highest BCUT2D eigenvalue weighted by atomic mass is 19.1. The number of phenolic OH excluding ortho intramolecular Hbond substituents is 1. The summed E-state index contributed by atoms with van der Waals surface area (Å²) < 4.78 is 44.8. The van der Waals surface area contributed by atoms with Crippen molar-refractivity contribution in [2.75, 3.05) is 50.9 Å². The van der Waals surface area contributed by atoms with Crippen molar-refractivity contribution in [1.29, 1.82) is 0 Å². The molecule has 8 rings (SSSR count). The van der Waals surface area contributed by atoms with Crippen LogP contribution in [0.15, 0.2) is 41.2 Å². The van der Waals surface area contributed by atoms with Crippen LogP contribution in [0.5, 0.6) is 11.8 Å². The average Bonchev–Trinajstić information content (AvgIpc) is 3.53. The Labute approximate surface area is 252 Å². The number of anilines is 1. The third kappa shape index (κ3) is 4.26. The summed E-state index contributed by atoms with van der Waals surface area (Å²) in [5, 5.41) is 15.4. The highest BCUT2D eigenvalue weighted by Gasteiger charge is 2.49. The molecule has 2 aromatic carbocycles. The molecule has 2 bridgehead atoms. The standard InChI is InChI=1S/C32H34F2N6O4/c1-38-28(24-10-22(41)9-18-5-2-3-6-23(18)24)26(34)27-25(30(38)42)29(40-20-12-35-13-21(40)16-43-15-20)37-31(36-27)44-17-32-7-4-8-39(32)14-19(33)11-32/h2-3,5-6,9-10,19-21,35,41H,4,7-8,11-17H2,1H3/t19-,20?,21?,32+/m1/s1. The molecule has 4 saturated heterocycles. The fourth-order valence-electron chi connectivity index (χ4n) is 7.88. The summed E-state index contributed by atoms with van der Waals surface area (Å²) >= 11 is 0. The lowest BCUT2D eigenvalue weighted by Crippen LogP contribution is -2.64. The largest absolute Gasteiger partial charge is 0.508 e. The van der Waals surface area contributed by atoms with Gasteiger partial charge in [0.15, 0.2) is 5.82 Å². The molecular formula is C32H34F2N6O4. The zero-order chi connectivity index (χ0) is 30.2. The van der Waals surface area contributed by atoms with Crippen LogP contribution in [0, 0.1) is 5.82 Å². The molecule has 2 N–H and O–H groups in total. The number of nitrogens with zero attached hydrogens (tertiary/aromatic N) is 5. The summed E-state index contributed by atoms with van der Waals surface area (Å²) in [5.74, 6) is -0.449. The maximum absolute atomic E-state index is 17.0. The van der Waals surface area contributed by atoms with Crippen molar-refractivity contribution in [3.05, 3.63) is 52.6 Å². The van der Waals surface area contributed by atoms with Crippen LogP contribution in [0.25, 0.3) is 32.9 Å². The number of ether oxygens (including phenoxy) is 2. The Balaban J connectivity index is 1.33. The fourth-order valence-corrected chi connectivity index (χ4v) is 7.88. The summed E-state index contributed by atoms with van der Waals surface area (Å²) in [4.78, 5) is 27.7.